The van der Waals surface area contributed by atoms with Crippen LogP contribution in [0.1, 0.15) is 36.5 Å². The zero-order chi connectivity index (χ0) is 14.5. The van der Waals surface area contributed by atoms with Crippen LogP contribution >= 0.6 is 11.6 Å². The van der Waals surface area contributed by atoms with Crippen LogP contribution < -0.4 is 0 Å². The molecule has 110 valence electrons. The summed E-state index contributed by atoms with van der Waals surface area (Å²) >= 11 is 6.46. The van der Waals surface area contributed by atoms with E-state index in [1.165, 1.54) is 11.1 Å². The Morgan fingerprint density at radius 3 is 2.29 bits per heavy atom. The number of alkyl halides is 1. The highest BCUT2D eigenvalue weighted by Crippen LogP contribution is 2.35. The SMILES string of the molecule is Cl[C@@H]1C[C@H](CCc2ccccc2)O[C@H](c2ccccc2)C1. The predicted molar refractivity (Wildman–Crippen MR) is 87.7 cm³/mol. The van der Waals surface area contributed by atoms with Crippen LogP contribution in [0.3, 0.4) is 0 Å². The minimum Gasteiger partial charge on any atom is -0.370 e. The van der Waals surface area contributed by atoms with Crippen molar-refractivity contribution in [3.8, 4) is 0 Å². The monoisotopic (exact) mass is 300 g/mol. The van der Waals surface area contributed by atoms with Crippen molar-refractivity contribution in [3.05, 3.63) is 71.8 Å². The number of hydrogen-bond donors (Lipinski definition) is 0. The van der Waals surface area contributed by atoms with Gasteiger partial charge in [0.15, 0.2) is 0 Å². The Morgan fingerprint density at radius 2 is 1.57 bits per heavy atom. The van der Waals surface area contributed by atoms with Crippen LogP contribution in [-0.4, -0.2) is 11.5 Å². The Labute approximate surface area is 131 Å². The molecule has 2 aromatic carbocycles. The van der Waals surface area contributed by atoms with Crippen molar-refractivity contribution < 1.29 is 4.74 Å². The van der Waals surface area contributed by atoms with Gasteiger partial charge in [-0.3, -0.25) is 0 Å². The summed E-state index contributed by atoms with van der Waals surface area (Å²) in [7, 11) is 0. The topological polar surface area (TPSA) is 9.23 Å². The standard InChI is InChI=1S/C19H21ClO/c20-17-13-18(12-11-15-7-3-1-4-8-15)21-19(14-17)16-9-5-2-6-10-16/h1-10,17-19H,11-14H2/t17-,18+,19+/m1/s1. The first-order valence-corrected chi connectivity index (χ1v) is 8.13. The average molecular weight is 301 g/mol. The minimum absolute atomic E-state index is 0.142. The van der Waals surface area contributed by atoms with Crippen LogP contribution in [0.5, 0.6) is 0 Å². The first-order valence-electron chi connectivity index (χ1n) is 7.69. The van der Waals surface area contributed by atoms with Crippen molar-refractivity contribution in [1.82, 2.24) is 0 Å². The van der Waals surface area contributed by atoms with Crippen LogP contribution in [-0.2, 0) is 11.2 Å². The maximum absolute atomic E-state index is 6.46. The van der Waals surface area contributed by atoms with Crippen molar-refractivity contribution in [3.63, 3.8) is 0 Å². The molecule has 0 aliphatic carbocycles. The van der Waals surface area contributed by atoms with E-state index in [2.05, 4.69) is 54.6 Å². The molecule has 1 aliphatic rings. The summed E-state index contributed by atoms with van der Waals surface area (Å²) in [4.78, 5) is 0. The molecule has 0 amide bonds. The van der Waals surface area contributed by atoms with Gasteiger partial charge in [0.25, 0.3) is 0 Å². The Hall–Kier alpha value is -1.31. The van der Waals surface area contributed by atoms with E-state index >= 15 is 0 Å². The number of rotatable bonds is 4. The second-order valence-electron chi connectivity index (χ2n) is 5.75. The molecule has 1 aliphatic heterocycles. The molecule has 0 saturated carbocycles. The molecule has 0 N–H and O–H groups in total. The summed E-state index contributed by atoms with van der Waals surface area (Å²) in [6, 6.07) is 21.0. The van der Waals surface area contributed by atoms with E-state index in [1.54, 1.807) is 0 Å². The van der Waals surface area contributed by atoms with Gasteiger partial charge in [-0.1, -0.05) is 60.7 Å². The fraction of sp³-hybridized carbons (Fsp3) is 0.368. The molecule has 2 aromatic rings. The fourth-order valence-corrected chi connectivity index (χ4v) is 3.36. The zero-order valence-corrected chi connectivity index (χ0v) is 12.9. The number of halogens is 1. The van der Waals surface area contributed by atoms with E-state index in [1.807, 2.05) is 6.07 Å². The molecule has 0 aromatic heterocycles. The van der Waals surface area contributed by atoms with Gasteiger partial charge in [-0.05, 0) is 36.8 Å². The van der Waals surface area contributed by atoms with Gasteiger partial charge in [-0.15, -0.1) is 11.6 Å². The lowest BCUT2D eigenvalue weighted by Crippen LogP contribution is -2.29. The third-order valence-corrected chi connectivity index (χ3v) is 4.47. The van der Waals surface area contributed by atoms with Gasteiger partial charge >= 0.3 is 0 Å². The molecule has 3 rings (SSSR count). The van der Waals surface area contributed by atoms with Gasteiger partial charge in [0, 0.05) is 5.38 Å². The van der Waals surface area contributed by atoms with E-state index in [4.69, 9.17) is 16.3 Å². The van der Waals surface area contributed by atoms with Gasteiger partial charge in [0.1, 0.15) is 0 Å². The summed E-state index contributed by atoms with van der Waals surface area (Å²) in [6.45, 7) is 0. The Bertz CT molecular complexity index is 540. The Kier molecular flexibility index (Phi) is 4.95. The third kappa shape index (κ3) is 4.09. The average Bonchev–Trinajstić information content (AvgIpc) is 2.54. The van der Waals surface area contributed by atoms with Crippen molar-refractivity contribution in [2.75, 3.05) is 0 Å². The highest BCUT2D eigenvalue weighted by molar-refractivity contribution is 6.20. The number of ether oxygens (including phenoxy) is 1. The summed E-state index contributed by atoms with van der Waals surface area (Å²) in [6.07, 6.45) is 4.35. The second kappa shape index (κ2) is 7.11. The van der Waals surface area contributed by atoms with E-state index in [-0.39, 0.29) is 17.6 Å². The van der Waals surface area contributed by atoms with Gasteiger partial charge in [0.05, 0.1) is 12.2 Å². The molecule has 1 heterocycles. The Balaban J connectivity index is 1.61. The van der Waals surface area contributed by atoms with Gasteiger partial charge < -0.3 is 4.74 Å². The summed E-state index contributed by atoms with van der Waals surface area (Å²) in [5, 5.41) is 0.213. The first-order chi connectivity index (χ1) is 10.3. The molecule has 1 fully saturated rings. The van der Waals surface area contributed by atoms with E-state index < -0.39 is 0 Å². The normalized spacial score (nSPS) is 25.7. The molecule has 21 heavy (non-hydrogen) atoms. The summed E-state index contributed by atoms with van der Waals surface area (Å²) in [5.74, 6) is 0. The van der Waals surface area contributed by atoms with E-state index in [0.29, 0.717) is 0 Å². The van der Waals surface area contributed by atoms with Crippen LogP contribution in [0.2, 0.25) is 0 Å². The summed E-state index contributed by atoms with van der Waals surface area (Å²) < 4.78 is 6.28. The van der Waals surface area contributed by atoms with Crippen molar-refractivity contribution in [2.45, 2.75) is 43.3 Å². The van der Waals surface area contributed by atoms with Gasteiger partial charge in [0.2, 0.25) is 0 Å². The van der Waals surface area contributed by atoms with Gasteiger partial charge in [-0.25, -0.2) is 0 Å². The lowest BCUT2D eigenvalue weighted by atomic mass is 9.95. The molecular weight excluding hydrogens is 280 g/mol. The minimum atomic E-state index is 0.142. The van der Waals surface area contributed by atoms with E-state index in [9.17, 15) is 0 Å². The van der Waals surface area contributed by atoms with Crippen LogP contribution in [0, 0.1) is 0 Å². The van der Waals surface area contributed by atoms with Crippen LogP contribution in [0.4, 0.5) is 0 Å². The molecule has 1 saturated heterocycles. The first kappa shape index (κ1) is 14.6. The quantitative estimate of drug-likeness (QED) is 0.710. The number of aryl methyl sites for hydroxylation is 1. The molecule has 3 atom stereocenters. The number of hydrogen-bond acceptors (Lipinski definition) is 1. The van der Waals surface area contributed by atoms with Gasteiger partial charge in [-0.2, -0.15) is 0 Å². The fourth-order valence-electron chi connectivity index (χ4n) is 3.00. The molecule has 0 spiro atoms. The van der Waals surface area contributed by atoms with Crippen molar-refractivity contribution >= 4 is 11.6 Å². The van der Waals surface area contributed by atoms with Crippen molar-refractivity contribution in [2.24, 2.45) is 0 Å². The highest BCUT2D eigenvalue weighted by atomic mass is 35.5. The maximum Gasteiger partial charge on any atom is 0.0842 e. The third-order valence-electron chi connectivity index (χ3n) is 4.11. The molecular formula is C19H21ClO. The predicted octanol–water partition coefficient (Wildman–Crippen LogP) is 5.15. The molecule has 0 unspecified atom stereocenters. The summed E-state index contributed by atoms with van der Waals surface area (Å²) in [5.41, 5.74) is 2.61. The zero-order valence-electron chi connectivity index (χ0n) is 12.1. The lowest BCUT2D eigenvalue weighted by Gasteiger charge is -2.33. The largest absolute Gasteiger partial charge is 0.370 e. The maximum atomic E-state index is 6.46. The van der Waals surface area contributed by atoms with Crippen LogP contribution in [0.25, 0.3) is 0 Å². The second-order valence-corrected chi connectivity index (χ2v) is 6.37. The highest BCUT2D eigenvalue weighted by Gasteiger charge is 2.28. The van der Waals surface area contributed by atoms with Crippen LogP contribution in [0.15, 0.2) is 60.7 Å². The number of benzene rings is 2. The van der Waals surface area contributed by atoms with Crippen molar-refractivity contribution in [1.29, 1.82) is 0 Å². The molecule has 0 bridgehead atoms. The molecule has 2 heteroatoms. The lowest BCUT2D eigenvalue weighted by molar-refractivity contribution is -0.0528. The Morgan fingerprint density at radius 1 is 0.905 bits per heavy atom. The smallest absolute Gasteiger partial charge is 0.0842 e. The molecule has 1 nitrogen and oxygen atoms in total. The van der Waals surface area contributed by atoms with E-state index in [0.717, 1.165) is 25.7 Å². The molecule has 0 radical (unpaired) electrons.